The normalized spacial score (nSPS) is 17.3. The molecule has 2 rings (SSSR count). The zero-order valence-corrected chi connectivity index (χ0v) is 15.8. The molecule has 1 atom stereocenters. The van der Waals surface area contributed by atoms with Gasteiger partial charge in [-0.2, -0.15) is 13.2 Å². The molecule has 3 N–H and O–H groups in total. The smallest absolute Gasteiger partial charge is 0.416 e. The van der Waals surface area contributed by atoms with Crippen LogP contribution in [0.3, 0.4) is 0 Å². The fourth-order valence-electron chi connectivity index (χ4n) is 3.14. The summed E-state index contributed by atoms with van der Waals surface area (Å²) >= 11 is 0. The molecular formula is C17H18F3N3O7-2. The fourth-order valence-corrected chi connectivity index (χ4v) is 3.14. The second-order valence-electron chi connectivity index (χ2n) is 6.17. The molecule has 0 fully saturated rings. The Bertz CT molecular complexity index is 853. The van der Waals surface area contributed by atoms with Crippen molar-refractivity contribution < 1.29 is 38.0 Å². The number of halogens is 3. The van der Waals surface area contributed by atoms with Gasteiger partial charge in [-0.1, -0.05) is 18.2 Å². The third-order valence-electron chi connectivity index (χ3n) is 4.25. The van der Waals surface area contributed by atoms with Crippen LogP contribution in [0.4, 0.5) is 13.2 Å². The van der Waals surface area contributed by atoms with E-state index in [0.717, 1.165) is 18.2 Å². The predicted octanol–water partition coefficient (Wildman–Crippen LogP) is 2.75. The average Bonchev–Trinajstić information content (AvgIpc) is 2.63. The van der Waals surface area contributed by atoms with Gasteiger partial charge >= 0.3 is 12.1 Å². The second-order valence-corrected chi connectivity index (χ2v) is 6.17. The molecule has 0 bridgehead atoms. The number of benzene rings is 1. The maximum atomic E-state index is 13.6. The monoisotopic (exact) mass is 433 g/mol. The molecule has 0 saturated heterocycles. The molecule has 13 heteroatoms. The van der Waals surface area contributed by atoms with Crippen molar-refractivity contribution in [2.45, 2.75) is 25.9 Å². The summed E-state index contributed by atoms with van der Waals surface area (Å²) in [5, 5.41) is 41.2. The Balaban J connectivity index is 2.53. The van der Waals surface area contributed by atoms with E-state index in [1.807, 2.05) is 0 Å². The lowest BCUT2D eigenvalue weighted by Crippen LogP contribution is -2.35. The van der Waals surface area contributed by atoms with E-state index < -0.39 is 58.7 Å². The minimum atomic E-state index is -4.81. The number of nitrogens with zero attached hydrogens (tertiary/aromatic N) is 2. The molecule has 1 aliphatic rings. The van der Waals surface area contributed by atoms with E-state index >= 15 is 0 Å². The highest BCUT2D eigenvalue weighted by atomic mass is 19.4. The Kier molecular flexibility index (Phi) is 7.41. The van der Waals surface area contributed by atoms with Gasteiger partial charge in [-0.15, -0.1) is 5.39 Å². The number of carbonyl (C=O) groups is 1. The number of ether oxygens (including phenoxy) is 1. The molecule has 0 spiro atoms. The molecule has 0 saturated carbocycles. The highest BCUT2D eigenvalue weighted by molar-refractivity contribution is 5.92. The van der Waals surface area contributed by atoms with Crippen molar-refractivity contribution in [3.05, 3.63) is 68.5 Å². The van der Waals surface area contributed by atoms with Crippen molar-refractivity contribution >= 4 is 5.97 Å². The summed E-state index contributed by atoms with van der Waals surface area (Å²) < 4.78 is 45.7. The molecule has 1 aromatic carbocycles. The van der Waals surface area contributed by atoms with Crippen molar-refractivity contribution in [3.8, 4) is 0 Å². The summed E-state index contributed by atoms with van der Waals surface area (Å²) in [6, 6.07) is 4.31. The maximum absolute atomic E-state index is 13.6. The molecule has 10 nitrogen and oxygen atoms in total. The summed E-state index contributed by atoms with van der Waals surface area (Å²) in [7, 11) is 0. The second kappa shape index (κ2) is 9.42. The lowest BCUT2D eigenvalue weighted by atomic mass is 9.81. The number of hydrogen-bond donors (Lipinski definition) is 3. The van der Waals surface area contributed by atoms with E-state index in [9.17, 15) is 33.6 Å². The van der Waals surface area contributed by atoms with Gasteiger partial charge < -0.3 is 30.9 Å². The van der Waals surface area contributed by atoms with Crippen LogP contribution in [-0.2, 0) is 20.5 Å². The van der Waals surface area contributed by atoms with Gasteiger partial charge in [0.1, 0.15) is 13.2 Å². The summed E-state index contributed by atoms with van der Waals surface area (Å²) in [5.74, 6) is -2.72. The molecule has 0 unspecified atom stereocenters. The van der Waals surface area contributed by atoms with E-state index in [2.05, 4.69) is 10.2 Å². The lowest BCUT2D eigenvalue weighted by molar-refractivity contribution is -0.307. The number of esters is 1. The van der Waals surface area contributed by atoms with Crippen LogP contribution in [0.1, 0.15) is 30.9 Å². The lowest BCUT2D eigenvalue weighted by Gasteiger charge is -2.38. The van der Waals surface area contributed by atoms with Crippen molar-refractivity contribution in [2.24, 2.45) is 0 Å². The molecule has 1 aliphatic heterocycles. The van der Waals surface area contributed by atoms with Crippen LogP contribution >= 0.6 is 0 Å². The third-order valence-corrected chi connectivity index (χ3v) is 4.25. The number of alkyl halides is 3. The minimum Gasteiger partial charge on any atom is -0.738 e. The topological polar surface area (TPSA) is 141 Å². The fraction of sp³-hybridized carbons (Fsp3) is 0.353. The molecule has 30 heavy (non-hydrogen) atoms. The van der Waals surface area contributed by atoms with E-state index in [1.165, 1.54) is 19.9 Å². The van der Waals surface area contributed by atoms with Gasteiger partial charge in [0.25, 0.3) is 0 Å². The van der Waals surface area contributed by atoms with Crippen molar-refractivity contribution in [2.75, 3.05) is 13.2 Å². The predicted molar refractivity (Wildman–Crippen MR) is 93.6 cm³/mol. The Labute approximate surface area is 168 Å². The van der Waals surface area contributed by atoms with E-state index in [0.29, 0.717) is 0 Å². The Hall–Kier alpha value is -2.68. The number of allylic oxidation sites excluding steroid dienone is 3. The van der Waals surface area contributed by atoms with Crippen LogP contribution in [0.25, 0.3) is 0 Å². The molecule has 1 aromatic rings. The zero-order chi connectivity index (χ0) is 22.6. The van der Waals surface area contributed by atoms with Gasteiger partial charge in [-0.3, -0.25) is 10.0 Å². The molecule has 0 aromatic heterocycles. The van der Waals surface area contributed by atoms with Crippen LogP contribution in [0.2, 0.25) is 0 Å². The van der Waals surface area contributed by atoms with E-state index in [1.54, 1.807) is 0 Å². The van der Waals surface area contributed by atoms with Crippen LogP contribution in [-0.4, -0.2) is 40.2 Å². The standard InChI is InChI=1S/C17H18F3N3O7/c1-9-13(16(24)29-7-8-30-23(27)28)14(15(22(25)26)10(2)21-9)11-5-3-4-6-12(11)17(18,19)20/h3-6,14,21,25,27H,7-8H2,1-2H3/q-2/t14-/m1/s1. The van der Waals surface area contributed by atoms with Crippen LogP contribution < -0.4 is 5.32 Å². The summed E-state index contributed by atoms with van der Waals surface area (Å²) in [4.78, 5) is 16.8. The highest BCUT2D eigenvalue weighted by Crippen LogP contribution is 2.44. The molecule has 1 heterocycles. The van der Waals surface area contributed by atoms with Crippen molar-refractivity contribution in [1.82, 2.24) is 15.9 Å². The first-order valence-corrected chi connectivity index (χ1v) is 8.42. The first-order valence-electron chi connectivity index (χ1n) is 8.42. The SMILES string of the molecule is CC1=C(C(=O)OCCON([O-])O)[C@@H](c2ccccc2C(F)(F)F)C(N([O-])O)=C(C)N1. The van der Waals surface area contributed by atoms with Crippen LogP contribution in [0.5, 0.6) is 0 Å². The van der Waals surface area contributed by atoms with E-state index in [-0.39, 0.29) is 17.0 Å². The first kappa shape index (κ1) is 23.6. The minimum absolute atomic E-state index is 0.0362. The molecular weight excluding hydrogens is 415 g/mol. The molecule has 0 aliphatic carbocycles. The van der Waals surface area contributed by atoms with Gasteiger partial charge in [-0.25, -0.2) is 4.79 Å². The molecule has 166 valence electrons. The van der Waals surface area contributed by atoms with Crippen molar-refractivity contribution in [3.63, 3.8) is 0 Å². The Morgan fingerprint density at radius 1 is 1.17 bits per heavy atom. The van der Waals surface area contributed by atoms with Gasteiger partial charge in [-0.05, 0) is 25.5 Å². The van der Waals surface area contributed by atoms with Gasteiger partial charge in [0, 0.05) is 11.4 Å². The van der Waals surface area contributed by atoms with Crippen LogP contribution in [0.15, 0.2) is 46.9 Å². The average molecular weight is 433 g/mol. The number of nitrogens with one attached hydrogen (secondary N) is 1. The van der Waals surface area contributed by atoms with Gasteiger partial charge in [0.2, 0.25) is 0 Å². The number of hydroxylamine groups is 2. The Morgan fingerprint density at radius 3 is 2.37 bits per heavy atom. The molecule has 0 radical (unpaired) electrons. The number of carbonyl (C=O) groups excluding carboxylic acids is 1. The number of dihydropyridines is 1. The number of hydrogen-bond acceptors (Lipinski definition) is 10. The van der Waals surface area contributed by atoms with E-state index in [4.69, 9.17) is 9.94 Å². The summed E-state index contributed by atoms with van der Waals surface area (Å²) in [6.45, 7) is 1.67. The quantitative estimate of drug-likeness (QED) is 0.334. The zero-order valence-electron chi connectivity index (χ0n) is 15.8. The van der Waals surface area contributed by atoms with Crippen molar-refractivity contribution in [1.29, 1.82) is 0 Å². The highest BCUT2D eigenvalue weighted by Gasteiger charge is 2.41. The maximum Gasteiger partial charge on any atom is 0.416 e. The summed E-state index contributed by atoms with van der Waals surface area (Å²) in [6.07, 6.45) is -4.81. The first-order chi connectivity index (χ1) is 13.9. The van der Waals surface area contributed by atoms with Gasteiger partial charge in [0.05, 0.1) is 22.8 Å². The number of rotatable bonds is 7. The largest absolute Gasteiger partial charge is 0.738 e. The third kappa shape index (κ3) is 5.27. The summed E-state index contributed by atoms with van der Waals surface area (Å²) in [5.41, 5.74) is -2.30. The van der Waals surface area contributed by atoms with Crippen LogP contribution in [0, 0.1) is 10.4 Å². The van der Waals surface area contributed by atoms with Gasteiger partial charge in [0.15, 0.2) is 0 Å². The molecule has 0 amide bonds. The Morgan fingerprint density at radius 2 is 1.80 bits per heavy atom.